The fourth-order valence-electron chi connectivity index (χ4n) is 1.95. The molecule has 2 N–H and O–H groups in total. The van der Waals surface area contributed by atoms with Gasteiger partial charge in [-0.3, -0.25) is 0 Å². The standard InChI is InChI=1S/C12H20N2/c1-9-7-5-6-8-11(9)12(10(2)13)14(3)4/h5-8,10,12H,13H2,1-4H3/t10-,12-/m1/s1. The molecule has 0 heterocycles. The van der Waals surface area contributed by atoms with Crippen LogP contribution in [-0.4, -0.2) is 25.0 Å². The van der Waals surface area contributed by atoms with E-state index in [0.717, 1.165) is 0 Å². The Morgan fingerprint density at radius 1 is 1.21 bits per heavy atom. The number of nitrogens with zero attached hydrogens (tertiary/aromatic N) is 1. The molecule has 0 saturated heterocycles. The van der Waals surface area contributed by atoms with E-state index in [-0.39, 0.29) is 6.04 Å². The molecule has 0 bridgehead atoms. The van der Waals surface area contributed by atoms with Crippen LogP contribution in [0.1, 0.15) is 24.1 Å². The molecule has 0 spiro atoms. The molecule has 1 aromatic carbocycles. The summed E-state index contributed by atoms with van der Waals surface area (Å²) in [5, 5.41) is 0. The van der Waals surface area contributed by atoms with Gasteiger partial charge < -0.3 is 10.6 Å². The molecule has 2 heteroatoms. The second kappa shape index (κ2) is 4.58. The Hall–Kier alpha value is -0.860. The summed E-state index contributed by atoms with van der Waals surface area (Å²) in [7, 11) is 4.14. The first kappa shape index (κ1) is 11.2. The normalized spacial score (nSPS) is 15.6. The molecule has 0 aliphatic carbocycles. The molecule has 1 rings (SSSR count). The van der Waals surface area contributed by atoms with E-state index in [1.165, 1.54) is 11.1 Å². The Bertz CT molecular complexity index is 284. The van der Waals surface area contributed by atoms with Gasteiger partial charge in [-0.1, -0.05) is 24.3 Å². The van der Waals surface area contributed by atoms with E-state index in [0.29, 0.717) is 6.04 Å². The lowest BCUT2D eigenvalue weighted by Gasteiger charge is -2.29. The SMILES string of the molecule is Cc1ccccc1[C@@H]([C@@H](C)N)N(C)C. The number of hydrogen-bond acceptors (Lipinski definition) is 2. The van der Waals surface area contributed by atoms with Crippen molar-refractivity contribution >= 4 is 0 Å². The van der Waals surface area contributed by atoms with Gasteiger partial charge in [-0.05, 0) is 39.1 Å². The monoisotopic (exact) mass is 192 g/mol. The lowest BCUT2D eigenvalue weighted by molar-refractivity contribution is 0.265. The van der Waals surface area contributed by atoms with Gasteiger partial charge in [-0.2, -0.15) is 0 Å². The fourth-order valence-corrected chi connectivity index (χ4v) is 1.95. The van der Waals surface area contributed by atoms with Crippen molar-refractivity contribution in [2.75, 3.05) is 14.1 Å². The predicted molar refractivity (Wildman–Crippen MR) is 61.3 cm³/mol. The third kappa shape index (κ3) is 2.34. The van der Waals surface area contributed by atoms with Crippen LogP contribution in [0.3, 0.4) is 0 Å². The summed E-state index contributed by atoms with van der Waals surface area (Å²) >= 11 is 0. The second-order valence-electron chi connectivity index (χ2n) is 4.12. The molecule has 14 heavy (non-hydrogen) atoms. The molecule has 0 aliphatic heterocycles. The van der Waals surface area contributed by atoms with Crippen LogP contribution in [0, 0.1) is 6.92 Å². The highest BCUT2D eigenvalue weighted by molar-refractivity contribution is 5.29. The highest BCUT2D eigenvalue weighted by Gasteiger charge is 2.19. The van der Waals surface area contributed by atoms with Crippen molar-refractivity contribution < 1.29 is 0 Å². The van der Waals surface area contributed by atoms with Crippen LogP contribution in [0.15, 0.2) is 24.3 Å². The van der Waals surface area contributed by atoms with Gasteiger partial charge in [0.15, 0.2) is 0 Å². The molecule has 0 aromatic heterocycles. The average molecular weight is 192 g/mol. The molecule has 78 valence electrons. The van der Waals surface area contributed by atoms with Crippen LogP contribution in [0.4, 0.5) is 0 Å². The first-order valence-electron chi connectivity index (χ1n) is 5.01. The van der Waals surface area contributed by atoms with E-state index in [1.54, 1.807) is 0 Å². The third-order valence-electron chi connectivity index (χ3n) is 2.56. The first-order valence-corrected chi connectivity index (χ1v) is 5.01. The van der Waals surface area contributed by atoms with Gasteiger partial charge in [-0.15, -0.1) is 0 Å². The van der Waals surface area contributed by atoms with E-state index in [9.17, 15) is 0 Å². The van der Waals surface area contributed by atoms with Crippen molar-refractivity contribution in [1.82, 2.24) is 4.90 Å². The topological polar surface area (TPSA) is 29.3 Å². The van der Waals surface area contributed by atoms with Gasteiger partial charge in [0.2, 0.25) is 0 Å². The molecular weight excluding hydrogens is 172 g/mol. The predicted octanol–water partition coefficient (Wildman–Crippen LogP) is 1.94. The molecule has 0 fully saturated rings. The molecule has 0 saturated carbocycles. The maximum atomic E-state index is 6.00. The maximum absolute atomic E-state index is 6.00. The third-order valence-corrected chi connectivity index (χ3v) is 2.56. The average Bonchev–Trinajstić information content (AvgIpc) is 2.07. The highest BCUT2D eigenvalue weighted by atomic mass is 15.1. The summed E-state index contributed by atoms with van der Waals surface area (Å²) in [4.78, 5) is 2.17. The van der Waals surface area contributed by atoms with Crippen LogP contribution in [-0.2, 0) is 0 Å². The largest absolute Gasteiger partial charge is 0.326 e. The van der Waals surface area contributed by atoms with Crippen molar-refractivity contribution in [2.45, 2.75) is 25.9 Å². The van der Waals surface area contributed by atoms with Crippen LogP contribution < -0.4 is 5.73 Å². The van der Waals surface area contributed by atoms with Crippen molar-refractivity contribution in [2.24, 2.45) is 5.73 Å². The minimum absolute atomic E-state index is 0.145. The second-order valence-corrected chi connectivity index (χ2v) is 4.12. The van der Waals surface area contributed by atoms with Crippen LogP contribution >= 0.6 is 0 Å². The van der Waals surface area contributed by atoms with Gasteiger partial charge in [0.25, 0.3) is 0 Å². The van der Waals surface area contributed by atoms with Gasteiger partial charge in [0.1, 0.15) is 0 Å². The summed E-state index contributed by atoms with van der Waals surface area (Å²) in [6.45, 7) is 4.19. The molecule has 2 atom stereocenters. The van der Waals surface area contributed by atoms with E-state index in [1.807, 2.05) is 0 Å². The van der Waals surface area contributed by atoms with Crippen molar-refractivity contribution in [3.63, 3.8) is 0 Å². The summed E-state index contributed by atoms with van der Waals surface area (Å²) in [6.07, 6.45) is 0. The van der Waals surface area contributed by atoms with Crippen molar-refractivity contribution in [3.8, 4) is 0 Å². The number of nitrogens with two attached hydrogens (primary N) is 1. The van der Waals surface area contributed by atoms with E-state index in [4.69, 9.17) is 5.73 Å². The summed E-state index contributed by atoms with van der Waals surface area (Å²) in [6, 6.07) is 8.87. The fraction of sp³-hybridized carbons (Fsp3) is 0.500. The first-order chi connectivity index (χ1) is 6.54. The van der Waals surface area contributed by atoms with E-state index >= 15 is 0 Å². The zero-order valence-electron chi connectivity index (χ0n) is 9.49. The summed E-state index contributed by atoms with van der Waals surface area (Å²) in [5.41, 5.74) is 8.63. The van der Waals surface area contributed by atoms with Crippen LogP contribution in [0.25, 0.3) is 0 Å². The number of hydrogen-bond donors (Lipinski definition) is 1. The summed E-state index contributed by atoms with van der Waals surface area (Å²) in [5.74, 6) is 0. The molecule has 0 amide bonds. The number of likely N-dealkylation sites (N-methyl/N-ethyl adjacent to an activating group) is 1. The molecular formula is C12H20N2. The molecule has 0 aliphatic rings. The van der Waals surface area contributed by atoms with Gasteiger partial charge in [0, 0.05) is 12.1 Å². The molecule has 0 radical (unpaired) electrons. The lowest BCUT2D eigenvalue weighted by atomic mass is 9.96. The Morgan fingerprint density at radius 2 is 1.79 bits per heavy atom. The van der Waals surface area contributed by atoms with Crippen molar-refractivity contribution in [1.29, 1.82) is 0 Å². The Balaban J connectivity index is 3.05. The lowest BCUT2D eigenvalue weighted by Crippen LogP contribution is -2.35. The zero-order chi connectivity index (χ0) is 10.7. The van der Waals surface area contributed by atoms with E-state index in [2.05, 4.69) is 57.1 Å². The smallest absolute Gasteiger partial charge is 0.0493 e. The zero-order valence-corrected chi connectivity index (χ0v) is 9.49. The number of aryl methyl sites for hydroxylation is 1. The van der Waals surface area contributed by atoms with Crippen LogP contribution in [0.2, 0.25) is 0 Å². The quantitative estimate of drug-likeness (QED) is 0.793. The molecule has 1 aromatic rings. The van der Waals surface area contributed by atoms with Crippen molar-refractivity contribution in [3.05, 3.63) is 35.4 Å². The number of rotatable bonds is 3. The van der Waals surface area contributed by atoms with E-state index < -0.39 is 0 Å². The maximum Gasteiger partial charge on any atom is 0.0493 e. The Morgan fingerprint density at radius 3 is 2.21 bits per heavy atom. The summed E-state index contributed by atoms with van der Waals surface area (Å²) < 4.78 is 0. The highest BCUT2D eigenvalue weighted by Crippen LogP contribution is 2.23. The minimum Gasteiger partial charge on any atom is -0.326 e. The van der Waals surface area contributed by atoms with Crippen LogP contribution in [0.5, 0.6) is 0 Å². The Labute approximate surface area is 86.7 Å². The van der Waals surface area contributed by atoms with Gasteiger partial charge >= 0.3 is 0 Å². The Kier molecular flexibility index (Phi) is 3.67. The van der Waals surface area contributed by atoms with Gasteiger partial charge in [0.05, 0.1) is 0 Å². The molecule has 2 nitrogen and oxygen atoms in total. The molecule has 0 unspecified atom stereocenters. The number of benzene rings is 1. The van der Waals surface area contributed by atoms with Gasteiger partial charge in [-0.25, -0.2) is 0 Å². The minimum atomic E-state index is 0.145.